The van der Waals surface area contributed by atoms with E-state index in [2.05, 4.69) is 25.2 Å². The minimum absolute atomic E-state index is 0.0659. The van der Waals surface area contributed by atoms with Gasteiger partial charge in [-0.25, -0.2) is 0 Å². The molecule has 1 N–H and O–H groups in total. The van der Waals surface area contributed by atoms with Gasteiger partial charge in [0.15, 0.2) is 6.10 Å². The second-order valence-corrected chi connectivity index (χ2v) is 5.74. The number of benzene rings is 2. The maximum absolute atomic E-state index is 12.0. The third kappa shape index (κ3) is 4.48. The molecule has 0 saturated heterocycles. The zero-order chi connectivity index (χ0) is 15.2. The molecule has 0 spiro atoms. The molecule has 0 radical (unpaired) electrons. The number of nitrogens with one attached hydrogen (secondary N) is 1. The molecule has 1 atom stereocenters. The summed E-state index contributed by atoms with van der Waals surface area (Å²) in [6.45, 7) is 6.75. The molecular formula is C18H23NO2. The maximum Gasteiger partial charge on any atom is 0.260 e. The molecule has 0 aromatic heterocycles. The highest BCUT2D eigenvalue weighted by atomic mass is 16.5. The van der Waals surface area contributed by atoms with Crippen molar-refractivity contribution in [3.63, 3.8) is 0 Å². The van der Waals surface area contributed by atoms with Gasteiger partial charge in [0.1, 0.15) is 5.75 Å². The van der Waals surface area contributed by atoms with Crippen LogP contribution in [-0.2, 0) is 4.79 Å². The standard InChI is InChI=1S/C18H23NO2/c1-13(2)10-11-19-18(20)14(3)21-17-9-8-15-6-4-5-7-16(15)12-17/h4-9,12-14H,10-11H2,1-3H3,(H,19,20)/t14-/m1/s1. The Morgan fingerprint density at radius 2 is 1.81 bits per heavy atom. The molecule has 0 heterocycles. The summed E-state index contributed by atoms with van der Waals surface area (Å²) in [5.41, 5.74) is 0. The number of amides is 1. The first-order valence-corrected chi connectivity index (χ1v) is 7.49. The fourth-order valence-corrected chi connectivity index (χ4v) is 2.13. The highest BCUT2D eigenvalue weighted by molar-refractivity contribution is 5.84. The van der Waals surface area contributed by atoms with E-state index in [1.54, 1.807) is 6.92 Å². The number of fused-ring (bicyclic) bond motifs is 1. The molecule has 112 valence electrons. The zero-order valence-corrected chi connectivity index (χ0v) is 12.9. The first-order valence-electron chi connectivity index (χ1n) is 7.49. The average molecular weight is 285 g/mol. The van der Waals surface area contributed by atoms with Gasteiger partial charge in [0.25, 0.3) is 5.91 Å². The lowest BCUT2D eigenvalue weighted by Gasteiger charge is -2.15. The van der Waals surface area contributed by atoms with Gasteiger partial charge in [-0.15, -0.1) is 0 Å². The van der Waals surface area contributed by atoms with Crippen LogP contribution in [0.2, 0.25) is 0 Å². The van der Waals surface area contributed by atoms with E-state index >= 15 is 0 Å². The molecule has 3 heteroatoms. The van der Waals surface area contributed by atoms with Gasteiger partial charge in [-0.1, -0.05) is 44.2 Å². The lowest BCUT2D eigenvalue weighted by molar-refractivity contribution is -0.127. The van der Waals surface area contributed by atoms with Crippen LogP contribution in [0.5, 0.6) is 5.75 Å². The molecule has 0 bridgehead atoms. The molecule has 0 aliphatic heterocycles. The van der Waals surface area contributed by atoms with Gasteiger partial charge in [-0.3, -0.25) is 4.79 Å². The van der Waals surface area contributed by atoms with Crippen LogP contribution in [-0.4, -0.2) is 18.6 Å². The van der Waals surface area contributed by atoms with E-state index in [0.717, 1.165) is 17.6 Å². The topological polar surface area (TPSA) is 38.3 Å². The summed E-state index contributed by atoms with van der Waals surface area (Å²) >= 11 is 0. The lowest BCUT2D eigenvalue weighted by atomic mass is 10.1. The number of hydrogen-bond donors (Lipinski definition) is 1. The highest BCUT2D eigenvalue weighted by Crippen LogP contribution is 2.21. The van der Waals surface area contributed by atoms with Crippen LogP contribution in [0.1, 0.15) is 27.2 Å². The molecule has 2 aromatic rings. The minimum Gasteiger partial charge on any atom is -0.481 e. The van der Waals surface area contributed by atoms with Gasteiger partial charge >= 0.3 is 0 Å². The number of carbonyl (C=O) groups excluding carboxylic acids is 1. The van der Waals surface area contributed by atoms with Crippen LogP contribution in [0.15, 0.2) is 42.5 Å². The Kier molecular flexibility index (Phi) is 5.20. The van der Waals surface area contributed by atoms with Crippen molar-refractivity contribution in [3.05, 3.63) is 42.5 Å². The van der Waals surface area contributed by atoms with E-state index in [9.17, 15) is 4.79 Å². The predicted octanol–water partition coefficient (Wildman–Crippen LogP) is 3.77. The SMILES string of the molecule is CC(C)CCNC(=O)[C@@H](C)Oc1ccc2ccccc2c1. The summed E-state index contributed by atoms with van der Waals surface area (Å²) in [5, 5.41) is 5.19. The van der Waals surface area contributed by atoms with Crippen LogP contribution < -0.4 is 10.1 Å². The van der Waals surface area contributed by atoms with Crippen molar-refractivity contribution in [1.82, 2.24) is 5.32 Å². The van der Waals surface area contributed by atoms with Crippen LogP contribution in [0.3, 0.4) is 0 Å². The molecular weight excluding hydrogens is 262 g/mol. The average Bonchev–Trinajstić information content (AvgIpc) is 2.46. The molecule has 2 aromatic carbocycles. The first-order chi connectivity index (χ1) is 10.1. The van der Waals surface area contributed by atoms with Crippen molar-refractivity contribution < 1.29 is 9.53 Å². The van der Waals surface area contributed by atoms with E-state index in [0.29, 0.717) is 12.5 Å². The summed E-state index contributed by atoms with van der Waals surface area (Å²) in [6.07, 6.45) is 0.493. The van der Waals surface area contributed by atoms with Crippen molar-refractivity contribution in [2.75, 3.05) is 6.54 Å². The van der Waals surface area contributed by atoms with Crippen LogP contribution in [0.4, 0.5) is 0 Å². The quantitative estimate of drug-likeness (QED) is 0.877. The van der Waals surface area contributed by atoms with Crippen LogP contribution in [0, 0.1) is 5.92 Å². The Morgan fingerprint density at radius 1 is 1.10 bits per heavy atom. The lowest BCUT2D eigenvalue weighted by Crippen LogP contribution is -2.37. The molecule has 21 heavy (non-hydrogen) atoms. The van der Waals surface area contributed by atoms with Crippen LogP contribution >= 0.6 is 0 Å². The monoisotopic (exact) mass is 285 g/mol. The number of rotatable bonds is 6. The maximum atomic E-state index is 12.0. The third-order valence-corrected chi connectivity index (χ3v) is 3.42. The van der Waals surface area contributed by atoms with E-state index in [1.165, 1.54) is 5.39 Å². The summed E-state index contributed by atoms with van der Waals surface area (Å²) in [4.78, 5) is 12.0. The zero-order valence-electron chi connectivity index (χ0n) is 12.9. The van der Waals surface area contributed by atoms with Crippen molar-refractivity contribution in [3.8, 4) is 5.75 Å². The third-order valence-electron chi connectivity index (χ3n) is 3.42. The molecule has 1 amide bonds. The number of carbonyl (C=O) groups is 1. The molecule has 3 nitrogen and oxygen atoms in total. The Hall–Kier alpha value is -2.03. The molecule has 0 aliphatic rings. The number of hydrogen-bond acceptors (Lipinski definition) is 2. The Bertz CT molecular complexity index is 607. The fourth-order valence-electron chi connectivity index (χ4n) is 2.13. The highest BCUT2D eigenvalue weighted by Gasteiger charge is 2.14. The largest absolute Gasteiger partial charge is 0.481 e. The molecule has 0 unspecified atom stereocenters. The Labute approximate surface area is 126 Å². The second kappa shape index (κ2) is 7.11. The normalized spacial score (nSPS) is 12.4. The van der Waals surface area contributed by atoms with Gasteiger partial charge in [0.05, 0.1) is 0 Å². The van der Waals surface area contributed by atoms with Crippen molar-refractivity contribution in [2.24, 2.45) is 5.92 Å². The van der Waals surface area contributed by atoms with Crippen molar-refractivity contribution in [1.29, 1.82) is 0 Å². The molecule has 2 rings (SSSR count). The Balaban J connectivity index is 1.94. The fraction of sp³-hybridized carbons (Fsp3) is 0.389. The summed E-state index contributed by atoms with van der Waals surface area (Å²) in [6, 6.07) is 14.0. The smallest absolute Gasteiger partial charge is 0.260 e. The van der Waals surface area contributed by atoms with Gasteiger partial charge in [0, 0.05) is 6.54 Å². The summed E-state index contributed by atoms with van der Waals surface area (Å²) in [5.74, 6) is 1.24. The number of ether oxygens (including phenoxy) is 1. The minimum atomic E-state index is -0.488. The van der Waals surface area contributed by atoms with E-state index in [1.807, 2.05) is 36.4 Å². The van der Waals surface area contributed by atoms with Gasteiger partial charge in [0.2, 0.25) is 0 Å². The molecule has 0 saturated carbocycles. The Morgan fingerprint density at radius 3 is 2.52 bits per heavy atom. The van der Waals surface area contributed by atoms with E-state index in [-0.39, 0.29) is 5.91 Å². The molecule has 0 fully saturated rings. The second-order valence-electron chi connectivity index (χ2n) is 5.74. The summed E-state index contributed by atoms with van der Waals surface area (Å²) in [7, 11) is 0. The van der Waals surface area contributed by atoms with Gasteiger partial charge in [-0.2, -0.15) is 0 Å². The van der Waals surface area contributed by atoms with E-state index in [4.69, 9.17) is 4.74 Å². The van der Waals surface area contributed by atoms with Gasteiger partial charge < -0.3 is 10.1 Å². The predicted molar refractivity (Wildman–Crippen MR) is 86.5 cm³/mol. The van der Waals surface area contributed by atoms with Crippen LogP contribution in [0.25, 0.3) is 10.8 Å². The summed E-state index contributed by atoms with van der Waals surface area (Å²) < 4.78 is 5.73. The van der Waals surface area contributed by atoms with Crippen molar-refractivity contribution >= 4 is 16.7 Å². The van der Waals surface area contributed by atoms with Gasteiger partial charge in [-0.05, 0) is 42.2 Å². The van der Waals surface area contributed by atoms with E-state index < -0.39 is 6.10 Å². The molecule has 0 aliphatic carbocycles. The first kappa shape index (κ1) is 15.4. The van der Waals surface area contributed by atoms with Crippen molar-refractivity contribution in [2.45, 2.75) is 33.3 Å².